The number of fused-ring (bicyclic) bond motifs is 7. The van der Waals surface area contributed by atoms with Gasteiger partial charge in [-0.2, -0.15) is 0 Å². The van der Waals surface area contributed by atoms with E-state index in [0.717, 1.165) is 24.7 Å². The third-order valence-corrected chi connectivity index (χ3v) is 9.28. The number of ether oxygens (including phenoxy) is 1. The molecule has 7 atom stereocenters. The summed E-state index contributed by atoms with van der Waals surface area (Å²) in [5, 5.41) is 0. The first-order chi connectivity index (χ1) is 12.5. The number of aromatic nitrogens is 2. The Morgan fingerprint density at radius 3 is 2.73 bits per heavy atom. The van der Waals surface area contributed by atoms with Crippen LogP contribution in [0.5, 0.6) is 0 Å². The van der Waals surface area contributed by atoms with Crippen molar-refractivity contribution in [1.82, 2.24) is 9.55 Å². The monoisotopic (exact) mass is 356 g/mol. The Balaban J connectivity index is 1.47. The van der Waals surface area contributed by atoms with Crippen LogP contribution in [0.4, 0.5) is 0 Å². The number of aryl methyl sites for hydroxylation is 1. The Hall–Kier alpha value is -1.32. The molecular weight excluding hydrogens is 324 g/mol. The maximum absolute atomic E-state index is 12.4. The highest BCUT2D eigenvalue weighted by Gasteiger charge is 2.61. The average Bonchev–Trinajstić information content (AvgIpc) is 3.24. The molecule has 3 aliphatic carbocycles. The second kappa shape index (κ2) is 5.59. The van der Waals surface area contributed by atoms with Crippen molar-refractivity contribution in [2.24, 2.45) is 34.5 Å². The van der Waals surface area contributed by atoms with Gasteiger partial charge in [-0.3, -0.25) is 4.79 Å². The Labute approximate surface area is 156 Å². The van der Waals surface area contributed by atoms with Gasteiger partial charge in [0.15, 0.2) is 0 Å². The summed E-state index contributed by atoms with van der Waals surface area (Å²) in [6.07, 6.45) is 13.9. The summed E-state index contributed by atoms with van der Waals surface area (Å²) < 4.78 is 7.67. The van der Waals surface area contributed by atoms with E-state index in [1.165, 1.54) is 44.3 Å². The van der Waals surface area contributed by atoms with Gasteiger partial charge in [-0.1, -0.05) is 13.8 Å². The number of hydrogen-bond donors (Lipinski definition) is 0. The molecule has 3 fully saturated rings. The predicted molar refractivity (Wildman–Crippen MR) is 99.5 cm³/mol. The lowest BCUT2D eigenvalue weighted by Gasteiger charge is -2.60. The number of hydrogen-bond acceptors (Lipinski definition) is 3. The van der Waals surface area contributed by atoms with Gasteiger partial charge in [-0.05, 0) is 73.5 Å². The molecule has 4 nitrogen and oxygen atoms in total. The van der Waals surface area contributed by atoms with Gasteiger partial charge in [-0.25, -0.2) is 4.98 Å². The first kappa shape index (κ1) is 16.8. The quantitative estimate of drug-likeness (QED) is 0.701. The van der Waals surface area contributed by atoms with Crippen LogP contribution in [0.3, 0.4) is 0 Å². The maximum atomic E-state index is 12.4. The van der Waals surface area contributed by atoms with Crippen molar-refractivity contribution >= 4 is 5.97 Å². The minimum absolute atomic E-state index is 0.0362. The molecule has 0 spiro atoms. The summed E-state index contributed by atoms with van der Waals surface area (Å²) in [4.78, 5) is 17.0. The predicted octanol–water partition coefficient (Wildman–Crippen LogP) is 4.40. The van der Waals surface area contributed by atoms with Crippen LogP contribution in [0.25, 0.3) is 0 Å². The van der Waals surface area contributed by atoms with Crippen LogP contribution < -0.4 is 0 Å². The van der Waals surface area contributed by atoms with E-state index in [-0.39, 0.29) is 17.3 Å². The van der Waals surface area contributed by atoms with Crippen LogP contribution in [0.1, 0.15) is 70.7 Å². The number of carbonyl (C=O) groups excluding carboxylic acids is 1. The summed E-state index contributed by atoms with van der Waals surface area (Å²) in [6.45, 7) is 4.96. The molecule has 0 amide bonds. The molecule has 7 unspecified atom stereocenters. The molecular formula is C22H32N2O2. The third-order valence-electron chi connectivity index (χ3n) is 9.28. The molecule has 0 N–H and O–H groups in total. The molecule has 4 heteroatoms. The number of methoxy groups -OCH3 is 1. The summed E-state index contributed by atoms with van der Waals surface area (Å²) in [7, 11) is 1.56. The van der Waals surface area contributed by atoms with Gasteiger partial charge in [0, 0.05) is 24.9 Å². The van der Waals surface area contributed by atoms with Crippen molar-refractivity contribution in [1.29, 1.82) is 0 Å². The van der Waals surface area contributed by atoms with Crippen molar-refractivity contribution in [3.8, 4) is 0 Å². The molecule has 0 saturated heterocycles. The number of rotatable bonds is 1. The zero-order chi connectivity index (χ0) is 18.1. The zero-order valence-electron chi connectivity index (χ0n) is 16.4. The molecule has 4 aliphatic rings. The Bertz CT molecular complexity index is 727. The highest BCUT2D eigenvalue weighted by Crippen LogP contribution is 2.67. The minimum atomic E-state index is 0.0362. The lowest BCUT2D eigenvalue weighted by molar-refractivity contribution is -0.154. The van der Waals surface area contributed by atoms with Crippen LogP contribution in [0, 0.1) is 34.5 Å². The van der Waals surface area contributed by atoms with Gasteiger partial charge in [0.25, 0.3) is 0 Å². The second-order valence-corrected chi connectivity index (χ2v) is 9.92. The molecule has 5 rings (SSSR count). The SMILES string of the molecule is COC(=O)C1CCC2C3CCC4n5ccnc5CCC4(C)C3CCC12C. The van der Waals surface area contributed by atoms with Crippen LogP contribution in [-0.2, 0) is 16.0 Å². The third kappa shape index (κ3) is 2.02. The van der Waals surface area contributed by atoms with Gasteiger partial charge in [0.1, 0.15) is 5.82 Å². The van der Waals surface area contributed by atoms with E-state index in [9.17, 15) is 4.79 Å². The van der Waals surface area contributed by atoms with Gasteiger partial charge in [0.05, 0.1) is 13.0 Å². The maximum Gasteiger partial charge on any atom is 0.309 e. The molecule has 142 valence electrons. The number of nitrogens with zero attached hydrogens (tertiary/aromatic N) is 2. The minimum Gasteiger partial charge on any atom is -0.469 e. The van der Waals surface area contributed by atoms with Crippen molar-refractivity contribution in [3.05, 3.63) is 18.2 Å². The van der Waals surface area contributed by atoms with Gasteiger partial charge in [-0.15, -0.1) is 0 Å². The summed E-state index contributed by atoms with van der Waals surface area (Å²) in [6, 6.07) is 0.622. The first-order valence-electron chi connectivity index (χ1n) is 10.6. The molecule has 1 aromatic rings. The first-order valence-corrected chi connectivity index (χ1v) is 10.6. The van der Waals surface area contributed by atoms with E-state index in [1.807, 2.05) is 6.20 Å². The lowest BCUT2D eigenvalue weighted by atomic mass is 9.47. The molecule has 1 aliphatic heterocycles. The topological polar surface area (TPSA) is 44.1 Å². The average molecular weight is 357 g/mol. The van der Waals surface area contributed by atoms with E-state index in [1.54, 1.807) is 7.11 Å². The summed E-state index contributed by atoms with van der Waals surface area (Å²) in [5.41, 5.74) is 0.549. The molecule has 2 heterocycles. The lowest BCUT2D eigenvalue weighted by Crippen LogP contribution is -2.54. The molecule has 1 aromatic heterocycles. The standard InChI is InChI=1S/C22H32N2O2/c1-21-10-8-16-14(15(21)5-6-17(21)20(25)26-3)4-7-18-22(16,2)11-9-19-23-12-13-24(18)19/h12-18H,4-11H2,1-3H3. The van der Waals surface area contributed by atoms with Crippen molar-refractivity contribution < 1.29 is 9.53 Å². The number of esters is 1. The zero-order valence-corrected chi connectivity index (χ0v) is 16.4. The van der Waals surface area contributed by atoms with Crippen LogP contribution >= 0.6 is 0 Å². The fourth-order valence-electron chi connectivity index (χ4n) is 7.98. The molecule has 26 heavy (non-hydrogen) atoms. The number of imidazole rings is 1. The van der Waals surface area contributed by atoms with Crippen molar-refractivity contribution in [3.63, 3.8) is 0 Å². The second-order valence-electron chi connectivity index (χ2n) is 9.92. The van der Waals surface area contributed by atoms with E-state index in [2.05, 4.69) is 29.6 Å². The molecule has 0 radical (unpaired) electrons. The van der Waals surface area contributed by atoms with Crippen LogP contribution in [-0.4, -0.2) is 22.6 Å². The number of carbonyl (C=O) groups is 1. The summed E-state index contributed by atoms with van der Waals surface area (Å²) in [5.74, 6) is 3.73. The fourth-order valence-corrected chi connectivity index (χ4v) is 7.98. The van der Waals surface area contributed by atoms with E-state index in [0.29, 0.717) is 17.4 Å². The highest BCUT2D eigenvalue weighted by atomic mass is 16.5. The summed E-state index contributed by atoms with van der Waals surface area (Å²) >= 11 is 0. The van der Waals surface area contributed by atoms with E-state index >= 15 is 0 Å². The van der Waals surface area contributed by atoms with Gasteiger partial charge < -0.3 is 9.30 Å². The van der Waals surface area contributed by atoms with Crippen LogP contribution in [0.15, 0.2) is 12.4 Å². The highest BCUT2D eigenvalue weighted by molar-refractivity contribution is 5.73. The van der Waals surface area contributed by atoms with E-state index in [4.69, 9.17) is 4.74 Å². The van der Waals surface area contributed by atoms with Crippen molar-refractivity contribution in [2.75, 3.05) is 7.11 Å². The normalized spacial score (nSPS) is 46.7. The Morgan fingerprint density at radius 1 is 1.12 bits per heavy atom. The van der Waals surface area contributed by atoms with Crippen LogP contribution in [0.2, 0.25) is 0 Å². The largest absolute Gasteiger partial charge is 0.469 e. The van der Waals surface area contributed by atoms with E-state index < -0.39 is 0 Å². The molecule has 0 bridgehead atoms. The molecule has 0 aromatic carbocycles. The Kier molecular flexibility index (Phi) is 3.62. The fraction of sp³-hybridized carbons (Fsp3) is 0.818. The smallest absolute Gasteiger partial charge is 0.309 e. The Morgan fingerprint density at radius 2 is 1.92 bits per heavy atom. The molecule has 3 saturated carbocycles. The van der Waals surface area contributed by atoms with Crippen molar-refractivity contribution in [2.45, 2.75) is 71.3 Å². The van der Waals surface area contributed by atoms with Gasteiger partial charge in [0.2, 0.25) is 0 Å². The van der Waals surface area contributed by atoms with Gasteiger partial charge >= 0.3 is 5.97 Å².